The van der Waals surface area contributed by atoms with Gasteiger partial charge in [-0.05, 0) is 59.3 Å². The Bertz CT molecular complexity index is 1060. The van der Waals surface area contributed by atoms with Crippen molar-refractivity contribution < 1.29 is 73.2 Å². The molecule has 15 heteroatoms. The third-order valence-corrected chi connectivity index (χ3v) is 7.18. The van der Waals surface area contributed by atoms with Crippen LogP contribution in [0.5, 0.6) is 0 Å². The van der Waals surface area contributed by atoms with Crippen LogP contribution in [-0.2, 0) is 47.7 Å². The predicted octanol–water partition coefficient (Wildman–Crippen LogP) is 3.84. The number of rotatable bonds is 18. The number of Topliss-reactive ketones (excluding diaryl/α,β-unsaturated/α-hetero) is 2. The van der Waals surface area contributed by atoms with Crippen molar-refractivity contribution in [2.24, 2.45) is 0 Å². The zero-order valence-corrected chi connectivity index (χ0v) is 32.4. The van der Waals surface area contributed by atoms with Gasteiger partial charge in [0.1, 0.15) is 48.8 Å². The molecule has 0 amide bonds. The number of hydrogen-bond donors (Lipinski definition) is 5. The van der Waals surface area contributed by atoms with Gasteiger partial charge in [-0.3, -0.25) is 24.0 Å². The topological polar surface area (TPSA) is 233 Å². The summed E-state index contributed by atoms with van der Waals surface area (Å²) in [5.74, 6) is -1.36. The smallest absolute Gasteiger partial charge is 0.318 e. The number of carbonyl (C=O) groups is 5. The number of ether oxygens (including phenoxy) is 5. The van der Waals surface area contributed by atoms with Crippen molar-refractivity contribution in [1.29, 1.82) is 0 Å². The van der Waals surface area contributed by atoms with Gasteiger partial charge >= 0.3 is 17.9 Å². The van der Waals surface area contributed by atoms with Crippen LogP contribution < -0.4 is 0 Å². The predicted molar refractivity (Wildman–Crippen MR) is 190 cm³/mol. The van der Waals surface area contributed by atoms with Crippen LogP contribution in [-0.4, -0.2) is 104 Å². The Morgan fingerprint density at radius 3 is 1.42 bits per heavy atom. The molecule has 0 saturated carbocycles. The summed E-state index contributed by atoms with van der Waals surface area (Å²) in [6.07, 6.45) is 0.687. The molecule has 0 aliphatic carbocycles. The molecule has 5 unspecified atom stereocenters. The number of aliphatic hydroxyl groups excluding tert-OH is 5. The highest BCUT2D eigenvalue weighted by Gasteiger charge is 2.28. The van der Waals surface area contributed by atoms with Crippen LogP contribution >= 0.6 is 0 Å². The first-order valence-corrected chi connectivity index (χ1v) is 17.8. The minimum absolute atomic E-state index is 0.167. The molecule has 5 atom stereocenters. The lowest BCUT2D eigenvalue weighted by Crippen LogP contribution is -2.35. The summed E-state index contributed by atoms with van der Waals surface area (Å²) in [7, 11) is 0. The lowest BCUT2D eigenvalue weighted by atomic mass is 10.0. The second-order valence-corrected chi connectivity index (χ2v) is 13.1. The average Bonchev–Trinajstić information content (AvgIpc) is 2.98. The summed E-state index contributed by atoms with van der Waals surface area (Å²) in [6.45, 7) is 18.6. The van der Waals surface area contributed by atoms with Crippen molar-refractivity contribution in [3.8, 4) is 0 Å². The summed E-state index contributed by atoms with van der Waals surface area (Å²) in [6, 6.07) is 0. The van der Waals surface area contributed by atoms with E-state index in [1.54, 1.807) is 20.8 Å². The fourth-order valence-corrected chi connectivity index (χ4v) is 4.50. The number of hydrogen-bond acceptors (Lipinski definition) is 15. The number of ketones is 2. The second kappa shape index (κ2) is 27.4. The monoisotopic (exact) mass is 748 g/mol. The van der Waals surface area contributed by atoms with E-state index < -0.39 is 60.6 Å². The second-order valence-electron chi connectivity index (χ2n) is 13.1. The molecule has 1 saturated heterocycles. The van der Waals surface area contributed by atoms with Gasteiger partial charge < -0.3 is 49.2 Å². The average molecular weight is 749 g/mol. The number of cyclic esters (lactones) is 1. The molecule has 2 rings (SSSR count). The summed E-state index contributed by atoms with van der Waals surface area (Å²) in [4.78, 5) is 54.6. The molecule has 0 radical (unpaired) electrons. The van der Waals surface area contributed by atoms with E-state index >= 15 is 0 Å². The normalized spacial score (nSPS) is 19.1. The molecule has 52 heavy (non-hydrogen) atoms. The van der Waals surface area contributed by atoms with Gasteiger partial charge in [-0.15, -0.1) is 0 Å². The molecule has 15 nitrogen and oxygen atoms in total. The maximum Gasteiger partial charge on any atom is 0.318 e. The minimum Gasteiger partial charge on any atom is -0.468 e. The van der Waals surface area contributed by atoms with Gasteiger partial charge in [0.2, 0.25) is 5.79 Å². The van der Waals surface area contributed by atoms with E-state index in [1.807, 2.05) is 27.7 Å². The molecular formula is C37H64O15. The van der Waals surface area contributed by atoms with E-state index in [2.05, 4.69) is 11.3 Å². The van der Waals surface area contributed by atoms with Gasteiger partial charge in [0.05, 0.1) is 30.2 Å². The summed E-state index contributed by atoms with van der Waals surface area (Å²) >= 11 is 0. The van der Waals surface area contributed by atoms with E-state index in [0.717, 1.165) is 0 Å². The quantitative estimate of drug-likeness (QED) is 0.0761. The SMILES string of the molecule is C=C1CC(=O)O1.CC1=CC(O)OC(C)(C)O1.CCC(CC(O)CC(CC)OC(=O)CC(C)=O)OC(=O)CC(C)=O.CCC(O)CC(O)CC(O)CC. The Morgan fingerprint density at radius 2 is 1.17 bits per heavy atom. The molecule has 0 aromatic heterocycles. The molecule has 2 heterocycles. The molecule has 0 bridgehead atoms. The Kier molecular flexibility index (Phi) is 26.8. The highest BCUT2D eigenvalue weighted by molar-refractivity contribution is 5.94. The Morgan fingerprint density at radius 1 is 0.788 bits per heavy atom. The van der Waals surface area contributed by atoms with Crippen LogP contribution in [0.4, 0.5) is 0 Å². The number of esters is 3. The highest BCUT2D eigenvalue weighted by atomic mass is 16.8. The van der Waals surface area contributed by atoms with Gasteiger partial charge in [0.15, 0.2) is 6.29 Å². The van der Waals surface area contributed by atoms with Crippen molar-refractivity contribution in [2.45, 2.75) is 182 Å². The van der Waals surface area contributed by atoms with Crippen LogP contribution in [0.1, 0.15) is 133 Å². The molecule has 5 N–H and O–H groups in total. The number of aliphatic hydroxyl groups is 5. The first kappa shape index (κ1) is 50.9. The van der Waals surface area contributed by atoms with E-state index in [0.29, 0.717) is 56.5 Å². The summed E-state index contributed by atoms with van der Waals surface area (Å²) in [5.41, 5.74) is 0. The van der Waals surface area contributed by atoms with Crippen LogP contribution in [0, 0.1) is 0 Å². The molecule has 2 aliphatic rings. The maximum atomic E-state index is 11.5. The Labute approximate surface area is 308 Å². The molecule has 302 valence electrons. The molecule has 0 spiro atoms. The number of allylic oxidation sites excluding steroid dienone is 1. The van der Waals surface area contributed by atoms with Gasteiger partial charge in [0, 0.05) is 32.8 Å². The fourth-order valence-electron chi connectivity index (χ4n) is 4.50. The molecular weight excluding hydrogens is 684 g/mol. The van der Waals surface area contributed by atoms with Crippen LogP contribution in [0.3, 0.4) is 0 Å². The van der Waals surface area contributed by atoms with E-state index in [4.69, 9.17) is 24.1 Å². The zero-order chi connectivity index (χ0) is 40.6. The van der Waals surface area contributed by atoms with Crippen LogP contribution in [0.2, 0.25) is 0 Å². The molecule has 1 fully saturated rings. The van der Waals surface area contributed by atoms with Gasteiger partial charge in [0.25, 0.3) is 0 Å². The third kappa shape index (κ3) is 28.4. The first-order chi connectivity index (χ1) is 24.0. The van der Waals surface area contributed by atoms with Crippen molar-refractivity contribution >= 4 is 29.5 Å². The lowest BCUT2D eigenvalue weighted by molar-refractivity contribution is -0.267. The third-order valence-electron chi connectivity index (χ3n) is 7.18. The minimum atomic E-state index is -0.830. The number of carbonyl (C=O) groups excluding carboxylic acids is 5. The van der Waals surface area contributed by atoms with Gasteiger partial charge in [-0.2, -0.15) is 0 Å². The van der Waals surface area contributed by atoms with Crippen molar-refractivity contribution in [3.63, 3.8) is 0 Å². The van der Waals surface area contributed by atoms with E-state index in [1.165, 1.54) is 19.9 Å². The zero-order valence-electron chi connectivity index (χ0n) is 32.4. The largest absolute Gasteiger partial charge is 0.468 e. The van der Waals surface area contributed by atoms with Gasteiger partial charge in [-0.25, -0.2) is 0 Å². The first-order valence-electron chi connectivity index (χ1n) is 17.8. The Hall–Kier alpha value is -3.21. The fraction of sp³-hybridized carbons (Fsp3) is 0.757. The van der Waals surface area contributed by atoms with E-state index in [9.17, 15) is 44.4 Å². The van der Waals surface area contributed by atoms with E-state index in [-0.39, 0.29) is 43.2 Å². The van der Waals surface area contributed by atoms with Gasteiger partial charge in [-0.1, -0.05) is 34.3 Å². The standard InChI is InChI=1S/C17H28O7.C9H20O3.C7H12O3.C4H4O2/c1-5-14(23-16(21)7-11(3)18)9-13(20)10-15(6-2)24-17(22)8-12(4)19;1-3-7(10)5-9(12)6-8(11)4-2;1-5-4-6(8)10-7(2,3)9-5;1-3-2-4(5)6-3/h13-15,20H,5-10H2,1-4H3;7-12H,3-6H2,1-2H3;4,6,8H,1-3H3;1-2H2. The molecule has 2 aliphatic heterocycles. The van der Waals surface area contributed by atoms with Crippen LogP contribution in [0.15, 0.2) is 24.2 Å². The summed E-state index contributed by atoms with van der Waals surface area (Å²) in [5, 5.41) is 46.8. The van der Waals surface area contributed by atoms with Crippen molar-refractivity contribution in [1.82, 2.24) is 0 Å². The highest BCUT2D eigenvalue weighted by Crippen LogP contribution is 2.23. The summed E-state index contributed by atoms with van der Waals surface area (Å²) < 4.78 is 24.8. The molecule has 0 aromatic carbocycles. The van der Waals surface area contributed by atoms with Crippen molar-refractivity contribution in [3.05, 3.63) is 24.2 Å². The van der Waals surface area contributed by atoms with Crippen LogP contribution in [0.25, 0.3) is 0 Å². The molecule has 0 aromatic rings. The maximum absolute atomic E-state index is 11.5. The van der Waals surface area contributed by atoms with Crippen molar-refractivity contribution in [2.75, 3.05) is 0 Å². The Balaban J connectivity index is 0. The lowest BCUT2D eigenvalue weighted by Gasteiger charge is -2.32.